The Kier molecular flexibility index (Phi) is 2.36. The Bertz CT molecular complexity index is 482. The molecule has 0 spiro atoms. The van der Waals surface area contributed by atoms with E-state index in [0.29, 0.717) is 12.0 Å². The van der Waals surface area contributed by atoms with Gasteiger partial charge in [0.1, 0.15) is 6.33 Å². The molecule has 0 unspecified atom stereocenters. The fourth-order valence-corrected chi connectivity index (χ4v) is 2.63. The van der Waals surface area contributed by atoms with Gasteiger partial charge >= 0.3 is 0 Å². The van der Waals surface area contributed by atoms with Crippen LogP contribution in [0.15, 0.2) is 18.7 Å². The zero-order valence-corrected chi connectivity index (χ0v) is 9.19. The molecular formula is C12H16N4. The summed E-state index contributed by atoms with van der Waals surface area (Å²) in [7, 11) is 0. The highest BCUT2D eigenvalue weighted by Gasteiger charge is 2.22. The normalized spacial score (nSPS) is 26.1. The Morgan fingerprint density at radius 1 is 1.25 bits per heavy atom. The second-order valence-corrected chi connectivity index (χ2v) is 4.64. The third-order valence-corrected chi connectivity index (χ3v) is 3.58. The average Bonchev–Trinajstić information content (AvgIpc) is 2.74. The molecule has 2 heterocycles. The van der Waals surface area contributed by atoms with Crippen LogP contribution >= 0.6 is 0 Å². The topological polar surface area (TPSA) is 67.6 Å². The lowest BCUT2D eigenvalue weighted by Gasteiger charge is -2.25. The molecular weight excluding hydrogens is 200 g/mol. The summed E-state index contributed by atoms with van der Waals surface area (Å²) in [5.41, 5.74) is 9.38. The van der Waals surface area contributed by atoms with Crippen LogP contribution in [0.5, 0.6) is 0 Å². The van der Waals surface area contributed by atoms with E-state index in [-0.39, 0.29) is 0 Å². The summed E-state index contributed by atoms with van der Waals surface area (Å²) in [6.07, 6.45) is 10.1. The highest BCUT2D eigenvalue weighted by molar-refractivity contribution is 5.78. The van der Waals surface area contributed by atoms with Gasteiger partial charge in [0.25, 0.3) is 0 Å². The molecule has 0 saturated heterocycles. The summed E-state index contributed by atoms with van der Waals surface area (Å²) in [6, 6.07) is 0.399. The Morgan fingerprint density at radius 2 is 2.06 bits per heavy atom. The molecule has 0 bridgehead atoms. The quantitative estimate of drug-likeness (QED) is 0.765. The maximum Gasteiger partial charge on any atom is 0.116 e. The molecule has 1 saturated carbocycles. The molecule has 2 aromatic rings. The van der Waals surface area contributed by atoms with E-state index in [4.69, 9.17) is 5.73 Å². The van der Waals surface area contributed by atoms with Gasteiger partial charge in [-0.25, -0.2) is 9.97 Å². The summed E-state index contributed by atoms with van der Waals surface area (Å²) >= 11 is 0. The maximum absolute atomic E-state index is 5.93. The zero-order valence-electron chi connectivity index (χ0n) is 9.19. The Balaban J connectivity index is 1.94. The number of nitrogens with two attached hydrogens (primary N) is 1. The third kappa shape index (κ3) is 1.59. The molecule has 1 aliphatic rings. The largest absolute Gasteiger partial charge is 0.358 e. The minimum atomic E-state index is 0.399. The van der Waals surface area contributed by atoms with Gasteiger partial charge in [-0.05, 0) is 37.2 Å². The van der Waals surface area contributed by atoms with Crippen LogP contribution in [0.2, 0.25) is 0 Å². The summed E-state index contributed by atoms with van der Waals surface area (Å²) in [6.45, 7) is 0. The fraction of sp³-hybridized carbons (Fsp3) is 0.500. The number of nitrogens with one attached hydrogen (secondary N) is 1. The third-order valence-electron chi connectivity index (χ3n) is 3.58. The first-order chi connectivity index (χ1) is 7.84. The lowest BCUT2D eigenvalue weighted by atomic mass is 9.83. The molecule has 3 rings (SSSR count). The first kappa shape index (κ1) is 9.78. The molecule has 0 amide bonds. The van der Waals surface area contributed by atoms with Gasteiger partial charge in [-0.1, -0.05) is 0 Å². The van der Waals surface area contributed by atoms with Crippen molar-refractivity contribution in [1.82, 2.24) is 15.0 Å². The lowest BCUT2D eigenvalue weighted by Crippen LogP contribution is -2.25. The molecule has 3 N–H and O–H groups in total. The highest BCUT2D eigenvalue weighted by Crippen LogP contribution is 2.34. The van der Waals surface area contributed by atoms with Crippen molar-refractivity contribution in [2.45, 2.75) is 37.6 Å². The van der Waals surface area contributed by atoms with Gasteiger partial charge in [0.05, 0.1) is 17.2 Å². The smallest absolute Gasteiger partial charge is 0.116 e. The molecule has 4 nitrogen and oxygen atoms in total. The monoisotopic (exact) mass is 216 g/mol. The first-order valence-electron chi connectivity index (χ1n) is 5.87. The minimum absolute atomic E-state index is 0.399. The van der Waals surface area contributed by atoms with Gasteiger partial charge in [-0.3, -0.25) is 0 Å². The van der Waals surface area contributed by atoms with Gasteiger partial charge in [-0.15, -0.1) is 0 Å². The summed E-state index contributed by atoms with van der Waals surface area (Å²) in [4.78, 5) is 11.6. The van der Waals surface area contributed by atoms with Crippen molar-refractivity contribution in [3.63, 3.8) is 0 Å². The van der Waals surface area contributed by atoms with E-state index in [1.54, 1.807) is 6.33 Å². The van der Waals surface area contributed by atoms with Crippen LogP contribution in [0.1, 0.15) is 37.2 Å². The first-order valence-corrected chi connectivity index (χ1v) is 5.87. The number of aromatic nitrogens is 3. The van der Waals surface area contributed by atoms with Gasteiger partial charge in [0.2, 0.25) is 0 Å². The average molecular weight is 216 g/mol. The van der Waals surface area contributed by atoms with Gasteiger partial charge in [-0.2, -0.15) is 0 Å². The highest BCUT2D eigenvalue weighted by atomic mass is 14.9. The van der Waals surface area contributed by atoms with Gasteiger partial charge < -0.3 is 10.7 Å². The molecule has 0 aliphatic heterocycles. The van der Waals surface area contributed by atoms with Gasteiger partial charge in [0.15, 0.2) is 0 Å². The number of H-pyrrole nitrogens is 1. The van der Waals surface area contributed by atoms with Gasteiger partial charge in [0, 0.05) is 12.2 Å². The number of hydrogen-bond acceptors (Lipinski definition) is 3. The molecule has 16 heavy (non-hydrogen) atoms. The fourth-order valence-electron chi connectivity index (χ4n) is 2.63. The van der Waals surface area contributed by atoms with E-state index in [0.717, 1.165) is 23.9 Å². The van der Waals surface area contributed by atoms with Crippen LogP contribution in [0.3, 0.4) is 0 Å². The van der Waals surface area contributed by atoms with E-state index >= 15 is 0 Å². The van der Waals surface area contributed by atoms with E-state index < -0.39 is 0 Å². The predicted octanol–water partition coefficient (Wildman–Crippen LogP) is 1.94. The number of rotatable bonds is 1. The second-order valence-electron chi connectivity index (χ2n) is 4.64. The molecule has 1 fully saturated rings. The maximum atomic E-state index is 5.93. The molecule has 0 aromatic carbocycles. The molecule has 1 aliphatic carbocycles. The molecule has 0 atom stereocenters. The molecule has 4 heteroatoms. The Morgan fingerprint density at radius 3 is 2.88 bits per heavy atom. The summed E-state index contributed by atoms with van der Waals surface area (Å²) in [5.74, 6) is 0.614. The van der Waals surface area contributed by atoms with Crippen LogP contribution in [0.25, 0.3) is 11.0 Å². The van der Waals surface area contributed by atoms with E-state index in [1.807, 2.05) is 6.20 Å². The molecule has 0 radical (unpaired) electrons. The zero-order chi connectivity index (χ0) is 11.0. The minimum Gasteiger partial charge on any atom is -0.358 e. The van der Waals surface area contributed by atoms with Crippen LogP contribution in [0, 0.1) is 0 Å². The number of hydrogen-bond donors (Lipinski definition) is 2. The van der Waals surface area contributed by atoms with Crippen molar-refractivity contribution < 1.29 is 0 Å². The lowest BCUT2D eigenvalue weighted by molar-refractivity contribution is 0.397. The van der Waals surface area contributed by atoms with Crippen LogP contribution in [0.4, 0.5) is 0 Å². The second kappa shape index (κ2) is 3.87. The Hall–Kier alpha value is -1.42. The van der Waals surface area contributed by atoms with Crippen molar-refractivity contribution in [2.24, 2.45) is 5.73 Å². The van der Waals surface area contributed by atoms with Crippen LogP contribution < -0.4 is 5.73 Å². The standard InChI is InChI=1S/C12H16N4/c13-9-3-1-8(2-4-9)10-5-15-11-6-14-7-16-12(10)11/h5-9,15H,1-4,13H2. The van der Waals surface area contributed by atoms with E-state index in [1.165, 1.54) is 18.4 Å². The van der Waals surface area contributed by atoms with Crippen molar-refractivity contribution in [3.05, 3.63) is 24.3 Å². The number of nitrogens with zero attached hydrogens (tertiary/aromatic N) is 2. The Labute approximate surface area is 94.3 Å². The van der Waals surface area contributed by atoms with E-state index in [2.05, 4.69) is 21.1 Å². The summed E-state index contributed by atoms with van der Waals surface area (Å²) in [5, 5.41) is 0. The molecule has 2 aromatic heterocycles. The predicted molar refractivity (Wildman–Crippen MR) is 63.1 cm³/mol. The van der Waals surface area contributed by atoms with E-state index in [9.17, 15) is 0 Å². The number of aromatic amines is 1. The SMILES string of the molecule is NC1CCC(c2c[nH]c3cncnc23)CC1. The number of fused-ring (bicyclic) bond motifs is 1. The van der Waals surface area contributed by atoms with Crippen molar-refractivity contribution in [3.8, 4) is 0 Å². The molecule has 84 valence electrons. The van der Waals surface area contributed by atoms with Crippen molar-refractivity contribution in [2.75, 3.05) is 0 Å². The summed E-state index contributed by atoms with van der Waals surface area (Å²) < 4.78 is 0. The van der Waals surface area contributed by atoms with Crippen LogP contribution in [-0.4, -0.2) is 21.0 Å². The van der Waals surface area contributed by atoms with Crippen LogP contribution in [-0.2, 0) is 0 Å². The van der Waals surface area contributed by atoms with Crippen molar-refractivity contribution >= 4 is 11.0 Å². The van der Waals surface area contributed by atoms with Crippen molar-refractivity contribution in [1.29, 1.82) is 0 Å².